The van der Waals surface area contributed by atoms with Crippen molar-refractivity contribution >= 4 is 46.1 Å². The van der Waals surface area contributed by atoms with Crippen molar-refractivity contribution in [2.75, 3.05) is 0 Å². The van der Waals surface area contributed by atoms with Gasteiger partial charge in [-0.2, -0.15) is 8.75 Å². The highest BCUT2D eigenvalue weighted by Crippen LogP contribution is 2.24. The van der Waals surface area contributed by atoms with E-state index in [1.165, 1.54) is 11.7 Å². The molecule has 17 heavy (non-hydrogen) atoms. The number of nitrogens with zero attached hydrogens (tertiary/aromatic N) is 3. The maximum atomic E-state index is 5.65. The highest BCUT2D eigenvalue weighted by Gasteiger charge is 2.20. The van der Waals surface area contributed by atoms with E-state index in [2.05, 4.69) is 24.4 Å². The Labute approximate surface area is 106 Å². The van der Waals surface area contributed by atoms with Crippen LogP contribution in [0.25, 0.3) is 11.0 Å². The van der Waals surface area contributed by atoms with Crippen LogP contribution in [-0.2, 0) is 0 Å². The zero-order chi connectivity index (χ0) is 11.8. The minimum Gasteiger partial charge on any atom is -0.370 e. The topological polar surface area (TPSA) is 88.2 Å². The molecule has 0 radical (unpaired) electrons. The van der Waals surface area contributed by atoms with Crippen LogP contribution in [0.5, 0.6) is 0 Å². The first-order valence-electron chi connectivity index (χ1n) is 4.86. The molecule has 8 heteroatoms. The lowest BCUT2D eigenvalue weighted by Gasteiger charge is -2.23. The molecule has 2 aromatic rings. The number of aliphatic imine (C=N–C) groups is 1. The second-order valence-electron chi connectivity index (χ2n) is 3.49. The molecule has 1 aliphatic rings. The molecular formula is C9H8N6S2. The third-order valence-corrected chi connectivity index (χ3v) is 3.15. The van der Waals surface area contributed by atoms with Gasteiger partial charge in [0, 0.05) is 5.56 Å². The monoisotopic (exact) mass is 264 g/mol. The molecule has 3 rings (SSSR count). The van der Waals surface area contributed by atoms with Crippen LogP contribution >= 0.6 is 23.9 Å². The number of aromatic nitrogens is 2. The predicted octanol–water partition coefficient (Wildman–Crippen LogP) is 0.482. The van der Waals surface area contributed by atoms with Crippen molar-refractivity contribution in [3.8, 4) is 0 Å². The third-order valence-electron chi connectivity index (χ3n) is 2.39. The Morgan fingerprint density at radius 2 is 2.24 bits per heavy atom. The van der Waals surface area contributed by atoms with Crippen molar-refractivity contribution in [2.24, 2.45) is 10.7 Å². The number of hydrogen-bond donors (Lipinski definition) is 3. The first-order valence-corrected chi connectivity index (χ1v) is 6.00. The molecule has 0 aliphatic carbocycles. The minimum atomic E-state index is -0.309. The first kappa shape index (κ1) is 10.4. The summed E-state index contributed by atoms with van der Waals surface area (Å²) in [5.41, 5.74) is 8.25. The van der Waals surface area contributed by atoms with Crippen molar-refractivity contribution in [1.29, 1.82) is 0 Å². The van der Waals surface area contributed by atoms with Crippen LogP contribution in [-0.4, -0.2) is 19.8 Å². The largest absolute Gasteiger partial charge is 0.370 e. The van der Waals surface area contributed by atoms with Crippen LogP contribution in [0, 0.1) is 0 Å². The summed E-state index contributed by atoms with van der Waals surface area (Å²) in [7, 11) is 0. The van der Waals surface area contributed by atoms with E-state index >= 15 is 0 Å². The average molecular weight is 264 g/mol. The Morgan fingerprint density at radius 3 is 3.06 bits per heavy atom. The molecule has 1 aromatic carbocycles. The second kappa shape index (κ2) is 3.90. The number of hydrogen-bond acceptors (Lipinski definition) is 6. The van der Waals surface area contributed by atoms with Crippen LogP contribution in [0.2, 0.25) is 0 Å². The van der Waals surface area contributed by atoms with Crippen LogP contribution < -0.4 is 16.4 Å². The van der Waals surface area contributed by atoms with Crippen LogP contribution in [0.4, 0.5) is 0 Å². The van der Waals surface area contributed by atoms with Gasteiger partial charge in [0.25, 0.3) is 0 Å². The van der Waals surface area contributed by atoms with E-state index in [0.29, 0.717) is 11.1 Å². The average Bonchev–Trinajstić information content (AvgIpc) is 2.75. The van der Waals surface area contributed by atoms with Gasteiger partial charge in [-0.3, -0.25) is 0 Å². The molecule has 1 unspecified atom stereocenters. The smallest absolute Gasteiger partial charge is 0.197 e. The summed E-state index contributed by atoms with van der Waals surface area (Å²) >= 11 is 6.22. The van der Waals surface area contributed by atoms with Gasteiger partial charge in [-0.1, -0.05) is 12.1 Å². The maximum absolute atomic E-state index is 5.65. The van der Waals surface area contributed by atoms with Crippen molar-refractivity contribution in [3.05, 3.63) is 23.8 Å². The summed E-state index contributed by atoms with van der Waals surface area (Å²) in [5, 5.41) is 6.23. The van der Waals surface area contributed by atoms with Gasteiger partial charge in [0.1, 0.15) is 11.0 Å². The van der Waals surface area contributed by atoms with Gasteiger partial charge in [0.15, 0.2) is 17.2 Å². The third kappa shape index (κ3) is 1.81. The summed E-state index contributed by atoms with van der Waals surface area (Å²) in [6.07, 6.45) is -0.309. The number of guanidine groups is 1. The standard InChI is InChI=1S/C9H8N6S2/c10-8-11-7(12-9(16)13-8)4-2-1-3-5-6(4)15-17-14-5/h1-3,7H,(H4,10,11,12,13,16). The zero-order valence-corrected chi connectivity index (χ0v) is 10.2. The second-order valence-corrected chi connectivity index (χ2v) is 4.43. The SMILES string of the molecule is NC1=NC(c2cccc3nsnc23)NC(=S)N1. The molecule has 1 aliphatic heterocycles. The molecule has 0 bridgehead atoms. The maximum Gasteiger partial charge on any atom is 0.197 e. The molecule has 4 N–H and O–H groups in total. The minimum absolute atomic E-state index is 0.305. The van der Waals surface area contributed by atoms with Crippen molar-refractivity contribution in [1.82, 2.24) is 19.4 Å². The summed E-state index contributed by atoms with van der Waals surface area (Å²) < 4.78 is 8.45. The molecule has 0 amide bonds. The van der Waals surface area contributed by atoms with E-state index in [-0.39, 0.29) is 6.17 Å². The quantitative estimate of drug-likeness (QED) is 0.649. The molecule has 0 spiro atoms. The predicted molar refractivity (Wildman–Crippen MR) is 70.6 cm³/mol. The van der Waals surface area contributed by atoms with E-state index in [0.717, 1.165) is 16.6 Å². The number of fused-ring (bicyclic) bond motifs is 1. The van der Waals surface area contributed by atoms with Crippen LogP contribution in [0.1, 0.15) is 11.7 Å². The van der Waals surface area contributed by atoms with E-state index < -0.39 is 0 Å². The first-order chi connectivity index (χ1) is 8.24. The summed E-state index contributed by atoms with van der Waals surface area (Å²) in [4.78, 5) is 4.25. The Balaban J connectivity index is 2.12. The summed E-state index contributed by atoms with van der Waals surface area (Å²) in [5.74, 6) is 0.305. The van der Waals surface area contributed by atoms with Gasteiger partial charge < -0.3 is 16.4 Å². The molecule has 0 fully saturated rings. The molecule has 86 valence electrons. The molecule has 0 saturated heterocycles. The van der Waals surface area contributed by atoms with E-state index in [9.17, 15) is 0 Å². The number of thiocarbonyl (C=S) groups is 1. The van der Waals surface area contributed by atoms with Crippen molar-refractivity contribution in [3.63, 3.8) is 0 Å². The van der Waals surface area contributed by atoms with Gasteiger partial charge >= 0.3 is 0 Å². The molecular weight excluding hydrogens is 256 g/mol. The number of nitrogens with one attached hydrogen (secondary N) is 2. The Hall–Kier alpha value is -1.80. The van der Waals surface area contributed by atoms with E-state index in [1.54, 1.807) is 0 Å². The Morgan fingerprint density at radius 1 is 1.35 bits per heavy atom. The summed E-state index contributed by atoms with van der Waals surface area (Å²) in [6.45, 7) is 0. The van der Waals surface area contributed by atoms with Gasteiger partial charge in [0.05, 0.1) is 11.7 Å². The lowest BCUT2D eigenvalue weighted by molar-refractivity contribution is 0.664. The van der Waals surface area contributed by atoms with Gasteiger partial charge in [-0.25, -0.2) is 4.99 Å². The van der Waals surface area contributed by atoms with Crippen LogP contribution in [0.15, 0.2) is 23.2 Å². The molecule has 1 aromatic heterocycles. The van der Waals surface area contributed by atoms with E-state index in [4.69, 9.17) is 18.0 Å². The highest BCUT2D eigenvalue weighted by molar-refractivity contribution is 7.80. The fourth-order valence-electron chi connectivity index (χ4n) is 1.68. The molecule has 1 atom stereocenters. The van der Waals surface area contributed by atoms with Gasteiger partial charge in [0.2, 0.25) is 0 Å². The highest BCUT2D eigenvalue weighted by atomic mass is 32.1. The van der Waals surface area contributed by atoms with Gasteiger partial charge in [-0.15, -0.1) is 0 Å². The fraction of sp³-hybridized carbons (Fsp3) is 0.111. The summed E-state index contributed by atoms with van der Waals surface area (Å²) in [6, 6.07) is 5.76. The number of benzene rings is 1. The fourth-order valence-corrected chi connectivity index (χ4v) is 2.45. The Bertz CT molecular complexity index is 619. The molecule has 0 saturated carbocycles. The lowest BCUT2D eigenvalue weighted by atomic mass is 10.1. The Kier molecular flexibility index (Phi) is 2.37. The van der Waals surface area contributed by atoms with Crippen LogP contribution in [0.3, 0.4) is 0 Å². The van der Waals surface area contributed by atoms with Gasteiger partial charge in [-0.05, 0) is 18.3 Å². The molecule has 2 heterocycles. The lowest BCUT2D eigenvalue weighted by Crippen LogP contribution is -2.49. The normalized spacial score (nSPS) is 19.6. The van der Waals surface area contributed by atoms with Crippen molar-refractivity contribution < 1.29 is 0 Å². The van der Waals surface area contributed by atoms with Crippen molar-refractivity contribution in [2.45, 2.75) is 6.17 Å². The number of nitrogens with two attached hydrogens (primary N) is 1. The zero-order valence-electron chi connectivity index (χ0n) is 8.54. The number of rotatable bonds is 1. The molecule has 6 nitrogen and oxygen atoms in total. The van der Waals surface area contributed by atoms with E-state index in [1.807, 2.05) is 18.2 Å².